The summed E-state index contributed by atoms with van der Waals surface area (Å²) in [5.41, 5.74) is 1.17. The fourth-order valence-electron chi connectivity index (χ4n) is 1.92. The van der Waals surface area contributed by atoms with Crippen molar-refractivity contribution < 1.29 is 4.74 Å². The van der Waals surface area contributed by atoms with Crippen LogP contribution in [0.25, 0.3) is 0 Å². The summed E-state index contributed by atoms with van der Waals surface area (Å²) >= 11 is 0. The minimum Gasteiger partial charge on any atom is -0.372 e. The summed E-state index contributed by atoms with van der Waals surface area (Å²) in [5, 5.41) is 4.50. The van der Waals surface area contributed by atoms with Crippen LogP contribution < -0.4 is 0 Å². The first-order chi connectivity index (χ1) is 7.88. The highest BCUT2D eigenvalue weighted by molar-refractivity contribution is 5.13. The molecule has 1 fully saturated rings. The number of nitrogens with zero attached hydrogens (tertiary/aromatic N) is 2. The second-order valence-electron chi connectivity index (χ2n) is 4.06. The van der Waals surface area contributed by atoms with Gasteiger partial charge < -0.3 is 4.74 Å². The van der Waals surface area contributed by atoms with E-state index in [4.69, 9.17) is 4.74 Å². The summed E-state index contributed by atoms with van der Waals surface area (Å²) in [4.78, 5) is 10.4. The molecule has 0 aromatic heterocycles. The van der Waals surface area contributed by atoms with Crippen molar-refractivity contribution in [2.45, 2.75) is 25.6 Å². The van der Waals surface area contributed by atoms with E-state index in [1.165, 1.54) is 5.56 Å². The van der Waals surface area contributed by atoms with Crippen molar-refractivity contribution in [3.8, 4) is 0 Å². The first kappa shape index (κ1) is 11.1. The molecule has 1 aliphatic rings. The Morgan fingerprint density at radius 1 is 1.38 bits per heavy atom. The molecule has 1 saturated heterocycles. The van der Waals surface area contributed by atoms with Crippen molar-refractivity contribution >= 4 is 0 Å². The lowest BCUT2D eigenvalue weighted by molar-refractivity contribution is -0.00986. The lowest BCUT2D eigenvalue weighted by Crippen LogP contribution is -2.36. The number of hydrogen-bond acceptors (Lipinski definition) is 3. The third-order valence-corrected chi connectivity index (χ3v) is 2.80. The van der Waals surface area contributed by atoms with Crippen LogP contribution in [0.5, 0.6) is 0 Å². The van der Waals surface area contributed by atoms with Gasteiger partial charge >= 0.3 is 0 Å². The molecule has 2 rings (SSSR count). The van der Waals surface area contributed by atoms with Crippen molar-refractivity contribution in [2.75, 3.05) is 13.1 Å². The van der Waals surface area contributed by atoms with Gasteiger partial charge in [0.05, 0.1) is 24.5 Å². The van der Waals surface area contributed by atoms with Crippen molar-refractivity contribution in [1.82, 2.24) is 5.01 Å². The molecule has 1 aromatic carbocycles. The van der Waals surface area contributed by atoms with Crippen molar-refractivity contribution in [2.24, 2.45) is 5.29 Å². The third-order valence-electron chi connectivity index (χ3n) is 2.80. The summed E-state index contributed by atoms with van der Waals surface area (Å²) in [6.45, 7) is 1.99. The Hall–Kier alpha value is -1.42. The van der Waals surface area contributed by atoms with Crippen LogP contribution in [0.1, 0.15) is 18.4 Å². The van der Waals surface area contributed by atoms with E-state index < -0.39 is 0 Å². The highest BCUT2D eigenvalue weighted by atomic mass is 16.5. The monoisotopic (exact) mass is 220 g/mol. The average molecular weight is 220 g/mol. The second kappa shape index (κ2) is 5.61. The second-order valence-corrected chi connectivity index (χ2v) is 4.06. The van der Waals surface area contributed by atoms with Gasteiger partial charge in [-0.1, -0.05) is 30.3 Å². The molecule has 4 nitrogen and oxygen atoms in total. The van der Waals surface area contributed by atoms with Gasteiger partial charge in [-0.05, 0) is 18.4 Å². The first-order valence-corrected chi connectivity index (χ1v) is 5.62. The molecule has 1 heterocycles. The van der Waals surface area contributed by atoms with Gasteiger partial charge in [0.25, 0.3) is 0 Å². The van der Waals surface area contributed by atoms with Gasteiger partial charge in [-0.3, -0.25) is 5.01 Å². The van der Waals surface area contributed by atoms with E-state index in [1.807, 2.05) is 30.3 Å². The molecular weight excluding hydrogens is 204 g/mol. The SMILES string of the molecule is O=NN1CCCC(OCc2ccccc2)C1. The van der Waals surface area contributed by atoms with Crippen LogP contribution >= 0.6 is 0 Å². The fourth-order valence-corrected chi connectivity index (χ4v) is 1.92. The smallest absolute Gasteiger partial charge is 0.0773 e. The standard InChI is InChI=1S/C12H16N2O2/c15-13-14-8-4-7-12(9-14)16-10-11-5-2-1-3-6-11/h1-3,5-6,12H,4,7-10H2. The molecule has 4 heteroatoms. The lowest BCUT2D eigenvalue weighted by Gasteiger charge is -2.28. The molecule has 0 N–H and O–H groups in total. The van der Waals surface area contributed by atoms with Crippen LogP contribution in [0.4, 0.5) is 0 Å². The number of nitroso groups, excluding NO2 is 1. The zero-order valence-corrected chi connectivity index (χ0v) is 9.21. The van der Waals surface area contributed by atoms with E-state index in [0.717, 1.165) is 19.4 Å². The third kappa shape index (κ3) is 3.03. The summed E-state index contributed by atoms with van der Waals surface area (Å²) in [5.74, 6) is 0. The number of benzene rings is 1. The minimum absolute atomic E-state index is 0.131. The Bertz CT molecular complexity index is 329. The van der Waals surface area contributed by atoms with Crippen molar-refractivity contribution in [1.29, 1.82) is 0 Å². The first-order valence-electron chi connectivity index (χ1n) is 5.62. The van der Waals surface area contributed by atoms with Gasteiger partial charge in [0, 0.05) is 6.54 Å². The van der Waals surface area contributed by atoms with Gasteiger partial charge in [-0.2, -0.15) is 0 Å². The van der Waals surface area contributed by atoms with E-state index in [9.17, 15) is 4.91 Å². The molecule has 0 bridgehead atoms. The molecule has 1 atom stereocenters. The molecule has 0 saturated carbocycles. The number of ether oxygens (including phenoxy) is 1. The molecule has 1 aliphatic heterocycles. The van der Waals surface area contributed by atoms with Gasteiger partial charge in [-0.25, -0.2) is 0 Å². The zero-order valence-electron chi connectivity index (χ0n) is 9.21. The Morgan fingerprint density at radius 2 is 2.19 bits per heavy atom. The van der Waals surface area contributed by atoms with E-state index >= 15 is 0 Å². The Morgan fingerprint density at radius 3 is 2.94 bits per heavy atom. The molecule has 0 radical (unpaired) electrons. The molecule has 0 amide bonds. The van der Waals surface area contributed by atoms with Crippen molar-refractivity contribution in [3.63, 3.8) is 0 Å². The fraction of sp³-hybridized carbons (Fsp3) is 0.500. The quantitative estimate of drug-likeness (QED) is 0.731. The minimum atomic E-state index is 0.131. The summed E-state index contributed by atoms with van der Waals surface area (Å²) in [7, 11) is 0. The van der Waals surface area contributed by atoms with Gasteiger partial charge in [0.15, 0.2) is 0 Å². The largest absolute Gasteiger partial charge is 0.372 e. The Balaban J connectivity index is 1.79. The summed E-state index contributed by atoms with van der Waals surface area (Å²) in [6.07, 6.45) is 2.12. The summed E-state index contributed by atoms with van der Waals surface area (Å²) < 4.78 is 5.76. The topological polar surface area (TPSA) is 41.9 Å². The lowest BCUT2D eigenvalue weighted by atomic mass is 10.1. The average Bonchev–Trinajstić information content (AvgIpc) is 2.38. The van der Waals surface area contributed by atoms with Crippen LogP contribution in [-0.4, -0.2) is 24.2 Å². The molecule has 0 spiro atoms. The van der Waals surface area contributed by atoms with Gasteiger partial charge in [0.2, 0.25) is 0 Å². The van der Waals surface area contributed by atoms with E-state index in [-0.39, 0.29) is 6.10 Å². The number of rotatable bonds is 4. The maximum atomic E-state index is 10.4. The van der Waals surface area contributed by atoms with E-state index in [1.54, 1.807) is 5.01 Å². The number of hydrogen-bond donors (Lipinski definition) is 0. The molecule has 1 unspecified atom stereocenters. The Labute approximate surface area is 95.2 Å². The normalized spacial score (nSPS) is 20.8. The zero-order chi connectivity index (χ0) is 11.2. The Kier molecular flexibility index (Phi) is 3.88. The molecule has 0 aliphatic carbocycles. The maximum Gasteiger partial charge on any atom is 0.0773 e. The van der Waals surface area contributed by atoms with Crippen LogP contribution in [0.15, 0.2) is 35.6 Å². The van der Waals surface area contributed by atoms with E-state index in [2.05, 4.69) is 5.29 Å². The predicted molar refractivity (Wildman–Crippen MR) is 61.6 cm³/mol. The molecule has 86 valence electrons. The van der Waals surface area contributed by atoms with E-state index in [0.29, 0.717) is 13.2 Å². The van der Waals surface area contributed by atoms with Crippen LogP contribution in [0.3, 0.4) is 0 Å². The van der Waals surface area contributed by atoms with Crippen LogP contribution in [0.2, 0.25) is 0 Å². The molecule has 16 heavy (non-hydrogen) atoms. The highest BCUT2D eigenvalue weighted by Crippen LogP contribution is 2.15. The predicted octanol–water partition coefficient (Wildman–Crippen LogP) is 2.35. The van der Waals surface area contributed by atoms with Crippen molar-refractivity contribution in [3.05, 3.63) is 40.8 Å². The molecule has 1 aromatic rings. The number of piperidine rings is 1. The van der Waals surface area contributed by atoms with Gasteiger partial charge in [-0.15, -0.1) is 4.91 Å². The highest BCUT2D eigenvalue weighted by Gasteiger charge is 2.19. The van der Waals surface area contributed by atoms with Crippen LogP contribution in [0, 0.1) is 4.91 Å². The molecular formula is C12H16N2O2. The van der Waals surface area contributed by atoms with Gasteiger partial charge in [0.1, 0.15) is 0 Å². The maximum absolute atomic E-state index is 10.4. The van der Waals surface area contributed by atoms with Crippen LogP contribution in [-0.2, 0) is 11.3 Å². The summed E-state index contributed by atoms with van der Waals surface area (Å²) in [6, 6.07) is 10.1.